The lowest BCUT2D eigenvalue weighted by molar-refractivity contribution is 0.0495. The van der Waals surface area contributed by atoms with Gasteiger partial charge in [0.25, 0.3) is 0 Å². The van der Waals surface area contributed by atoms with Gasteiger partial charge in [-0.2, -0.15) is 4.91 Å². The van der Waals surface area contributed by atoms with Gasteiger partial charge in [-0.1, -0.05) is 29.4 Å². The third-order valence-corrected chi connectivity index (χ3v) is 6.01. The van der Waals surface area contributed by atoms with Gasteiger partial charge in [0.1, 0.15) is 0 Å². The molecule has 0 radical (unpaired) electrons. The minimum absolute atomic E-state index is 0.256. The lowest BCUT2D eigenvalue weighted by atomic mass is 9.78. The zero-order valence-corrected chi connectivity index (χ0v) is 13.9. The van der Waals surface area contributed by atoms with Gasteiger partial charge >= 0.3 is 0 Å². The molecule has 0 spiro atoms. The van der Waals surface area contributed by atoms with E-state index in [1.54, 1.807) is 0 Å². The quantitative estimate of drug-likeness (QED) is 0.815. The van der Waals surface area contributed by atoms with E-state index in [0.717, 1.165) is 38.8 Å². The highest BCUT2D eigenvalue weighted by atomic mass is 16.3. The Labute approximate surface area is 142 Å². The molecule has 24 heavy (non-hydrogen) atoms. The number of rotatable bonds is 5. The fourth-order valence-corrected chi connectivity index (χ4v) is 4.64. The van der Waals surface area contributed by atoms with Crippen LogP contribution in [0.3, 0.4) is 0 Å². The molecular weight excluding hydrogens is 302 g/mol. The van der Waals surface area contributed by atoms with E-state index in [9.17, 15) is 10.0 Å². The predicted molar refractivity (Wildman–Crippen MR) is 93.7 cm³/mol. The molecule has 0 amide bonds. The first-order chi connectivity index (χ1) is 11.8. The third kappa shape index (κ3) is 2.71. The van der Waals surface area contributed by atoms with Crippen LogP contribution in [0.15, 0.2) is 35.6 Å². The van der Waals surface area contributed by atoms with Crippen LogP contribution in [0.5, 0.6) is 0 Å². The highest BCUT2D eigenvalue weighted by molar-refractivity contribution is 5.73. The van der Waals surface area contributed by atoms with Crippen LogP contribution in [-0.4, -0.2) is 29.3 Å². The van der Waals surface area contributed by atoms with Crippen LogP contribution in [-0.2, 0) is 0 Å². The predicted octanol–water partition coefficient (Wildman–Crippen LogP) is 3.23. The maximum Gasteiger partial charge on any atom is 0.0879 e. The normalized spacial score (nSPS) is 29.5. The van der Waals surface area contributed by atoms with Crippen LogP contribution in [0.2, 0.25) is 0 Å². The molecule has 0 aromatic heterocycles. The van der Waals surface area contributed by atoms with Gasteiger partial charge in [-0.15, -0.1) is 0 Å². The molecule has 3 aliphatic rings. The second-order valence-corrected chi connectivity index (χ2v) is 7.36. The summed E-state index contributed by atoms with van der Waals surface area (Å²) < 4.78 is 0. The van der Waals surface area contributed by atoms with E-state index < -0.39 is 0 Å². The van der Waals surface area contributed by atoms with Gasteiger partial charge in [-0.25, -0.2) is 0 Å². The highest BCUT2D eigenvalue weighted by Gasteiger charge is 2.38. The van der Waals surface area contributed by atoms with Crippen LogP contribution in [0.25, 0.3) is 5.70 Å². The second-order valence-electron chi connectivity index (χ2n) is 7.36. The zero-order valence-electron chi connectivity index (χ0n) is 13.9. The lowest BCUT2D eigenvalue weighted by Gasteiger charge is -2.33. The van der Waals surface area contributed by atoms with E-state index in [4.69, 9.17) is 0 Å². The first-order valence-electron chi connectivity index (χ1n) is 9.04. The third-order valence-electron chi connectivity index (χ3n) is 6.01. The summed E-state index contributed by atoms with van der Waals surface area (Å²) >= 11 is 0. The largest absolute Gasteiger partial charge is 0.393 e. The SMILES string of the molecule is O=NCC1CCC(C(O)CC2c3ccccc3C3=CNCN32)CC1. The number of hydrogen-bond acceptors (Lipinski definition) is 5. The highest BCUT2D eigenvalue weighted by Crippen LogP contribution is 2.45. The lowest BCUT2D eigenvalue weighted by Crippen LogP contribution is -2.32. The molecule has 2 aliphatic heterocycles. The monoisotopic (exact) mass is 327 g/mol. The van der Waals surface area contributed by atoms with Crippen molar-refractivity contribution in [2.45, 2.75) is 44.2 Å². The van der Waals surface area contributed by atoms with Gasteiger partial charge in [-0.3, -0.25) is 0 Å². The molecule has 1 aromatic rings. The maximum atomic E-state index is 10.8. The average Bonchev–Trinajstić information content (AvgIpc) is 3.19. The van der Waals surface area contributed by atoms with Crippen molar-refractivity contribution in [3.8, 4) is 0 Å². The van der Waals surface area contributed by atoms with Crippen LogP contribution in [0, 0.1) is 16.7 Å². The molecule has 5 heteroatoms. The molecule has 2 atom stereocenters. The van der Waals surface area contributed by atoms with Crippen LogP contribution < -0.4 is 5.32 Å². The fraction of sp³-hybridized carbons (Fsp3) is 0.579. The topological polar surface area (TPSA) is 64.9 Å². The van der Waals surface area contributed by atoms with Crippen LogP contribution in [0.4, 0.5) is 0 Å². The van der Waals surface area contributed by atoms with Crippen molar-refractivity contribution in [3.63, 3.8) is 0 Å². The minimum Gasteiger partial charge on any atom is -0.393 e. The van der Waals surface area contributed by atoms with Gasteiger partial charge in [0.05, 0.1) is 31.1 Å². The molecule has 2 unspecified atom stereocenters. The van der Waals surface area contributed by atoms with Crippen molar-refractivity contribution < 1.29 is 5.11 Å². The summed E-state index contributed by atoms with van der Waals surface area (Å²) in [4.78, 5) is 12.8. The number of hydrogen-bond donors (Lipinski definition) is 2. The number of nitrogens with one attached hydrogen (secondary N) is 1. The molecule has 0 saturated heterocycles. The Hall–Kier alpha value is -1.88. The standard InChI is InChI=1S/C19H25N3O2/c23-19(14-7-5-13(6-8-14)10-21-24)9-17-15-3-1-2-4-16(15)18-11-20-12-22(17)18/h1-4,11,13-14,17,19-20,23H,5-10,12H2. The van der Waals surface area contributed by atoms with Crippen molar-refractivity contribution >= 4 is 5.70 Å². The Kier molecular flexibility index (Phi) is 4.27. The summed E-state index contributed by atoms with van der Waals surface area (Å²) in [5, 5.41) is 17.2. The molecule has 1 fully saturated rings. The van der Waals surface area contributed by atoms with E-state index in [1.807, 2.05) is 0 Å². The summed E-state index contributed by atoms with van der Waals surface area (Å²) in [7, 11) is 0. The van der Waals surface area contributed by atoms with Crippen LogP contribution in [0.1, 0.15) is 49.3 Å². The number of aliphatic hydroxyl groups excluding tert-OH is 1. The van der Waals surface area contributed by atoms with Crippen LogP contribution >= 0.6 is 0 Å². The van der Waals surface area contributed by atoms with E-state index in [-0.39, 0.29) is 12.1 Å². The average molecular weight is 327 g/mol. The number of benzene rings is 1. The van der Waals surface area contributed by atoms with E-state index in [0.29, 0.717) is 18.4 Å². The van der Waals surface area contributed by atoms with Crippen molar-refractivity contribution in [1.29, 1.82) is 0 Å². The Bertz CT molecular complexity index is 637. The van der Waals surface area contributed by atoms with Crippen molar-refractivity contribution in [1.82, 2.24) is 10.2 Å². The Balaban J connectivity index is 1.44. The maximum absolute atomic E-state index is 10.8. The van der Waals surface area contributed by atoms with Crippen molar-refractivity contribution in [2.75, 3.05) is 13.2 Å². The minimum atomic E-state index is -0.284. The first kappa shape index (κ1) is 15.6. The summed E-state index contributed by atoms with van der Waals surface area (Å²) in [6, 6.07) is 8.79. The molecule has 1 saturated carbocycles. The number of nitrogens with zero attached hydrogens (tertiary/aromatic N) is 2. The van der Waals surface area contributed by atoms with Gasteiger partial charge in [-0.05, 0) is 49.5 Å². The molecule has 4 rings (SSSR count). The summed E-state index contributed by atoms with van der Waals surface area (Å²) in [6.45, 7) is 1.26. The second kappa shape index (κ2) is 6.55. The molecule has 2 N–H and O–H groups in total. The summed E-state index contributed by atoms with van der Waals surface area (Å²) in [6.07, 6.45) is 6.64. The Morgan fingerprint density at radius 3 is 2.83 bits per heavy atom. The summed E-state index contributed by atoms with van der Waals surface area (Å²) in [5.41, 5.74) is 3.88. The number of aliphatic hydroxyl groups is 1. The van der Waals surface area contributed by atoms with E-state index >= 15 is 0 Å². The Morgan fingerprint density at radius 2 is 2.04 bits per heavy atom. The van der Waals surface area contributed by atoms with Gasteiger partial charge < -0.3 is 15.3 Å². The molecule has 0 bridgehead atoms. The molecule has 1 aliphatic carbocycles. The first-order valence-corrected chi connectivity index (χ1v) is 9.04. The van der Waals surface area contributed by atoms with Crippen molar-refractivity contribution in [3.05, 3.63) is 46.5 Å². The molecule has 2 heterocycles. The fourth-order valence-electron chi connectivity index (χ4n) is 4.64. The van der Waals surface area contributed by atoms with Gasteiger partial charge in [0, 0.05) is 11.8 Å². The number of fused-ring (bicyclic) bond motifs is 3. The molecule has 1 aromatic carbocycles. The van der Waals surface area contributed by atoms with Gasteiger partial charge in [0.2, 0.25) is 0 Å². The van der Waals surface area contributed by atoms with Crippen molar-refractivity contribution in [2.24, 2.45) is 17.0 Å². The molecule has 5 nitrogen and oxygen atoms in total. The zero-order chi connectivity index (χ0) is 16.5. The number of nitroso groups, excluding NO2 is 1. The molecular formula is C19H25N3O2. The molecule has 128 valence electrons. The van der Waals surface area contributed by atoms with E-state index in [2.05, 4.69) is 45.9 Å². The van der Waals surface area contributed by atoms with Gasteiger partial charge in [0.15, 0.2) is 0 Å². The van der Waals surface area contributed by atoms with E-state index in [1.165, 1.54) is 16.8 Å². The smallest absolute Gasteiger partial charge is 0.0879 e. The Morgan fingerprint density at radius 1 is 1.25 bits per heavy atom. The summed E-state index contributed by atoms with van der Waals surface area (Å²) in [5.74, 6) is 0.777.